The summed E-state index contributed by atoms with van der Waals surface area (Å²) in [5.41, 5.74) is 6.00. The number of carbonyl (C=O) groups excluding carboxylic acids is 1. The summed E-state index contributed by atoms with van der Waals surface area (Å²) in [6.45, 7) is 4.03. The molecule has 0 atom stereocenters. The molecule has 0 spiro atoms. The quantitative estimate of drug-likeness (QED) is 0.150. The number of ether oxygens (including phenoxy) is 1. The number of aromatic nitrogens is 2. The van der Waals surface area contributed by atoms with Gasteiger partial charge in [-0.2, -0.15) is 5.10 Å². The van der Waals surface area contributed by atoms with Crippen molar-refractivity contribution in [2.75, 3.05) is 5.75 Å². The summed E-state index contributed by atoms with van der Waals surface area (Å²) in [7, 11) is 0. The van der Waals surface area contributed by atoms with Crippen molar-refractivity contribution in [3.8, 4) is 5.75 Å². The van der Waals surface area contributed by atoms with E-state index in [1.54, 1.807) is 24.3 Å². The lowest BCUT2D eigenvalue weighted by Gasteiger charge is -2.11. The van der Waals surface area contributed by atoms with Gasteiger partial charge in [0.15, 0.2) is 5.16 Å². The largest absolute Gasteiger partial charge is 0.487 e. The molecule has 0 fully saturated rings. The number of amides is 1. The van der Waals surface area contributed by atoms with Gasteiger partial charge in [-0.05, 0) is 87.2 Å². The second kappa shape index (κ2) is 12.1. The van der Waals surface area contributed by atoms with Gasteiger partial charge in [-0.1, -0.05) is 23.9 Å². The molecule has 8 nitrogen and oxygen atoms in total. The molecule has 0 bridgehead atoms. The molecule has 0 radical (unpaired) electrons. The van der Waals surface area contributed by atoms with Crippen molar-refractivity contribution >= 4 is 61.7 Å². The number of nitrogens with one attached hydrogen (secondary N) is 1. The number of aromatic carboxylic acids is 1. The number of nitrogens with zero attached hydrogens (tertiary/aromatic N) is 3. The van der Waals surface area contributed by atoms with Gasteiger partial charge in [0.25, 0.3) is 5.91 Å². The smallest absolute Gasteiger partial charge is 0.335 e. The number of carboxylic acids is 1. The van der Waals surface area contributed by atoms with Gasteiger partial charge < -0.3 is 9.84 Å². The molecule has 0 saturated carbocycles. The molecule has 34 heavy (non-hydrogen) atoms. The Morgan fingerprint density at radius 2 is 1.71 bits per heavy atom. The Balaban J connectivity index is 1.54. The lowest BCUT2D eigenvalue weighted by Crippen LogP contribution is -2.19. The predicted octanol–water partition coefficient (Wildman–Crippen LogP) is 5.14. The summed E-state index contributed by atoms with van der Waals surface area (Å²) in [6, 6.07) is 12.0. The molecule has 0 aliphatic heterocycles. The monoisotopic (exact) mass is 606 g/mol. The number of thioether (sulfide) groups is 1. The second-order valence-corrected chi connectivity index (χ2v) is 9.77. The number of hydrogen-bond acceptors (Lipinski definition) is 7. The molecule has 1 heterocycles. The second-order valence-electron chi connectivity index (χ2n) is 7.12. The highest BCUT2D eigenvalue weighted by Crippen LogP contribution is 2.35. The number of halogens is 2. The molecule has 0 aliphatic carbocycles. The number of carbonyl (C=O) groups is 2. The summed E-state index contributed by atoms with van der Waals surface area (Å²) in [5.74, 6) is -0.502. The minimum absolute atomic E-state index is 0.147. The average molecular weight is 608 g/mol. The van der Waals surface area contributed by atoms with Crippen LogP contribution in [0.1, 0.15) is 32.9 Å². The molecule has 1 aromatic heterocycles. The number of carboxylic acid groups (broad SMARTS) is 1. The number of hydrazone groups is 1. The molecule has 2 N–H and O–H groups in total. The standard InChI is InChI=1S/C23H20Br2N4O4S/c1-13-7-14(2)28-23(27-13)34-12-20(30)29-26-10-16-8-18(24)21(19(25)9-16)33-11-15-3-5-17(6-4-15)22(31)32/h3-10H,11-12H2,1-2H3,(H,29,30)(H,31,32)/b26-10-. The molecule has 2 aromatic carbocycles. The van der Waals surface area contributed by atoms with Crippen molar-refractivity contribution in [2.45, 2.75) is 25.6 Å². The van der Waals surface area contributed by atoms with Crippen LogP contribution in [0.3, 0.4) is 0 Å². The highest BCUT2D eigenvalue weighted by molar-refractivity contribution is 9.11. The van der Waals surface area contributed by atoms with Crippen molar-refractivity contribution in [2.24, 2.45) is 5.10 Å². The lowest BCUT2D eigenvalue weighted by molar-refractivity contribution is -0.118. The van der Waals surface area contributed by atoms with Crippen LogP contribution in [0.5, 0.6) is 5.75 Å². The van der Waals surface area contributed by atoms with Crippen LogP contribution in [0, 0.1) is 13.8 Å². The van der Waals surface area contributed by atoms with Gasteiger partial charge >= 0.3 is 5.97 Å². The Hall–Kier alpha value is -2.76. The molecule has 3 aromatic rings. The first-order chi connectivity index (χ1) is 16.2. The third kappa shape index (κ3) is 7.64. The van der Waals surface area contributed by atoms with E-state index in [0.717, 1.165) is 22.5 Å². The maximum absolute atomic E-state index is 12.1. The average Bonchev–Trinajstić information content (AvgIpc) is 2.77. The minimum Gasteiger partial charge on any atom is -0.487 e. The zero-order valence-corrected chi connectivity index (χ0v) is 22.2. The maximum atomic E-state index is 12.1. The SMILES string of the molecule is Cc1cc(C)nc(SCC(=O)N/N=C\c2cc(Br)c(OCc3ccc(C(=O)O)cc3)c(Br)c2)n1. The summed E-state index contributed by atoms with van der Waals surface area (Å²) >= 11 is 8.22. The predicted molar refractivity (Wildman–Crippen MR) is 138 cm³/mol. The highest BCUT2D eigenvalue weighted by Gasteiger charge is 2.10. The molecule has 11 heteroatoms. The Labute approximate surface area is 217 Å². The highest BCUT2D eigenvalue weighted by atomic mass is 79.9. The molecular weight excluding hydrogens is 588 g/mol. The van der Waals surface area contributed by atoms with E-state index in [9.17, 15) is 9.59 Å². The summed E-state index contributed by atoms with van der Waals surface area (Å²) < 4.78 is 7.26. The number of hydrogen-bond donors (Lipinski definition) is 2. The van der Waals surface area contributed by atoms with Gasteiger partial charge in [-0.25, -0.2) is 20.2 Å². The van der Waals surface area contributed by atoms with E-state index < -0.39 is 5.97 Å². The summed E-state index contributed by atoms with van der Waals surface area (Å²) in [4.78, 5) is 31.6. The van der Waals surface area contributed by atoms with Crippen LogP contribution in [0.4, 0.5) is 0 Å². The first kappa shape index (κ1) is 25.9. The maximum Gasteiger partial charge on any atom is 0.335 e. The van der Waals surface area contributed by atoms with Gasteiger partial charge in [0.1, 0.15) is 12.4 Å². The third-order valence-electron chi connectivity index (χ3n) is 4.30. The molecule has 3 rings (SSSR count). The molecule has 0 aliphatic rings. The molecule has 0 saturated heterocycles. The van der Waals surface area contributed by atoms with Gasteiger partial charge in [-0.3, -0.25) is 4.79 Å². The summed E-state index contributed by atoms with van der Waals surface area (Å²) in [5, 5.41) is 13.5. The Kier molecular flexibility index (Phi) is 9.20. The fourth-order valence-corrected chi connectivity index (χ4v) is 4.98. The van der Waals surface area contributed by atoms with Gasteiger partial charge in [0.05, 0.1) is 26.5 Å². The Bertz CT molecular complexity index is 1190. The number of rotatable bonds is 9. The van der Waals surface area contributed by atoms with Crippen molar-refractivity contribution in [1.29, 1.82) is 0 Å². The van der Waals surface area contributed by atoms with E-state index in [-0.39, 0.29) is 23.8 Å². The van der Waals surface area contributed by atoms with Gasteiger partial charge in [-0.15, -0.1) is 0 Å². The van der Waals surface area contributed by atoms with Crippen LogP contribution in [0.2, 0.25) is 0 Å². The van der Waals surface area contributed by atoms with Crippen LogP contribution in [-0.4, -0.2) is 38.9 Å². The van der Waals surface area contributed by atoms with Crippen molar-refractivity contribution < 1.29 is 19.4 Å². The Morgan fingerprint density at radius 1 is 1.09 bits per heavy atom. The number of aryl methyl sites for hydroxylation is 2. The van der Waals surface area contributed by atoms with Crippen LogP contribution < -0.4 is 10.2 Å². The zero-order valence-electron chi connectivity index (χ0n) is 18.2. The summed E-state index contributed by atoms with van der Waals surface area (Å²) in [6.07, 6.45) is 1.53. The zero-order chi connectivity index (χ0) is 24.7. The topological polar surface area (TPSA) is 114 Å². The molecule has 176 valence electrons. The molecule has 0 unspecified atom stereocenters. The van der Waals surface area contributed by atoms with E-state index in [1.165, 1.54) is 30.1 Å². The molecular formula is C23H20Br2N4O4S. The third-order valence-corrected chi connectivity index (χ3v) is 6.33. The van der Waals surface area contributed by atoms with E-state index in [2.05, 4.69) is 52.4 Å². The van der Waals surface area contributed by atoms with Crippen LogP contribution in [0.25, 0.3) is 0 Å². The lowest BCUT2D eigenvalue weighted by atomic mass is 10.1. The van der Waals surface area contributed by atoms with Crippen LogP contribution in [-0.2, 0) is 11.4 Å². The number of benzene rings is 2. The van der Waals surface area contributed by atoms with Crippen molar-refractivity contribution in [1.82, 2.24) is 15.4 Å². The van der Waals surface area contributed by atoms with Crippen molar-refractivity contribution in [3.05, 3.63) is 79.5 Å². The van der Waals surface area contributed by atoms with Crippen LogP contribution in [0.15, 0.2) is 61.7 Å². The normalized spacial score (nSPS) is 10.9. The Morgan fingerprint density at radius 3 is 2.29 bits per heavy atom. The molecule has 1 amide bonds. The first-order valence-corrected chi connectivity index (χ1v) is 12.5. The fourth-order valence-electron chi connectivity index (χ4n) is 2.79. The van der Waals surface area contributed by atoms with Gasteiger partial charge in [0.2, 0.25) is 0 Å². The fraction of sp³-hybridized carbons (Fsp3) is 0.174. The van der Waals surface area contributed by atoms with Crippen LogP contribution >= 0.6 is 43.6 Å². The van der Waals surface area contributed by atoms with Gasteiger partial charge in [0, 0.05) is 11.4 Å². The minimum atomic E-state index is -0.972. The van der Waals surface area contributed by atoms with E-state index in [0.29, 0.717) is 19.9 Å². The van der Waals surface area contributed by atoms with E-state index >= 15 is 0 Å². The van der Waals surface area contributed by atoms with Crippen molar-refractivity contribution in [3.63, 3.8) is 0 Å². The first-order valence-electron chi connectivity index (χ1n) is 9.92. The van der Waals surface area contributed by atoms with E-state index in [4.69, 9.17) is 9.84 Å². The van der Waals surface area contributed by atoms with E-state index in [1.807, 2.05) is 19.9 Å².